The van der Waals surface area contributed by atoms with Gasteiger partial charge in [-0.1, -0.05) is 31.5 Å². The molecule has 1 aromatic carbocycles. The quantitative estimate of drug-likeness (QED) is 0.871. The molecule has 1 aromatic heterocycles. The van der Waals surface area contributed by atoms with Crippen LogP contribution in [0.5, 0.6) is 0 Å². The van der Waals surface area contributed by atoms with Crippen molar-refractivity contribution < 1.29 is 13.2 Å². The Morgan fingerprint density at radius 3 is 2.29 bits per heavy atom. The number of aromatic nitrogens is 1. The maximum atomic E-state index is 12.6. The van der Waals surface area contributed by atoms with Gasteiger partial charge in [0.05, 0.1) is 0 Å². The number of rotatable bonds is 6. The van der Waals surface area contributed by atoms with E-state index in [1.807, 2.05) is 31.2 Å². The first-order chi connectivity index (χ1) is 11.3. The monoisotopic (exact) mass is 349 g/mol. The molecule has 0 aliphatic carbocycles. The van der Waals surface area contributed by atoms with E-state index in [1.165, 1.54) is 21.1 Å². The Kier molecular flexibility index (Phi) is 5.46. The molecular formula is C17H23N3O3S. The van der Waals surface area contributed by atoms with E-state index in [-0.39, 0.29) is 10.8 Å². The van der Waals surface area contributed by atoms with E-state index in [0.717, 1.165) is 5.56 Å². The summed E-state index contributed by atoms with van der Waals surface area (Å²) >= 11 is 0. The van der Waals surface area contributed by atoms with Crippen molar-refractivity contribution in [2.45, 2.75) is 25.7 Å². The fourth-order valence-electron chi connectivity index (χ4n) is 2.45. The highest BCUT2D eigenvalue weighted by molar-refractivity contribution is 7.89. The van der Waals surface area contributed by atoms with Gasteiger partial charge in [-0.3, -0.25) is 4.79 Å². The van der Waals surface area contributed by atoms with Gasteiger partial charge in [0.15, 0.2) is 0 Å². The molecule has 0 saturated carbocycles. The molecule has 2 rings (SSSR count). The number of carbonyl (C=O) groups is 1. The van der Waals surface area contributed by atoms with E-state index in [1.54, 1.807) is 20.9 Å². The minimum absolute atomic E-state index is 0.128. The molecule has 0 bridgehead atoms. The maximum Gasteiger partial charge on any atom is 0.272 e. The highest BCUT2D eigenvalue weighted by Gasteiger charge is 2.25. The van der Waals surface area contributed by atoms with Crippen LogP contribution < -0.4 is 5.32 Å². The summed E-state index contributed by atoms with van der Waals surface area (Å²) < 4.78 is 28.0. The Morgan fingerprint density at radius 1 is 1.17 bits per heavy atom. The second kappa shape index (κ2) is 7.19. The van der Waals surface area contributed by atoms with Crippen LogP contribution in [0.3, 0.4) is 0 Å². The molecule has 130 valence electrons. The van der Waals surface area contributed by atoms with Gasteiger partial charge in [-0.05, 0) is 25.1 Å². The van der Waals surface area contributed by atoms with Crippen LogP contribution in [-0.4, -0.2) is 36.3 Å². The summed E-state index contributed by atoms with van der Waals surface area (Å²) in [7, 11) is -1.92. The summed E-state index contributed by atoms with van der Waals surface area (Å²) in [5, 5.41) is 2.78. The molecule has 1 heterocycles. The molecular weight excluding hydrogens is 326 g/mol. The summed E-state index contributed by atoms with van der Waals surface area (Å²) in [5.74, 6) is -0.345. The molecule has 0 radical (unpaired) electrons. The molecule has 1 amide bonds. The fourth-order valence-corrected chi connectivity index (χ4v) is 3.98. The SMILES string of the molecule is CCN(CC)S(=O)(=O)c1cc(C(=O)Nc2ccc(C)cc2)n(C)c1. The second-order valence-corrected chi connectivity index (χ2v) is 7.52. The molecule has 0 aliphatic heterocycles. The molecule has 0 spiro atoms. The molecule has 2 aromatic rings. The number of carbonyl (C=O) groups excluding carboxylic acids is 1. The number of sulfonamides is 1. The number of benzene rings is 1. The van der Waals surface area contributed by atoms with Gasteiger partial charge in [-0.25, -0.2) is 8.42 Å². The first-order valence-corrected chi connectivity index (χ1v) is 9.28. The lowest BCUT2D eigenvalue weighted by Crippen LogP contribution is -2.30. The van der Waals surface area contributed by atoms with Gasteiger partial charge >= 0.3 is 0 Å². The predicted molar refractivity (Wildman–Crippen MR) is 94.7 cm³/mol. The van der Waals surface area contributed by atoms with Crippen LogP contribution in [0, 0.1) is 6.92 Å². The number of hydrogen-bond acceptors (Lipinski definition) is 3. The van der Waals surface area contributed by atoms with Crippen molar-refractivity contribution in [1.82, 2.24) is 8.87 Å². The third kappa shape index (κ3) is 3.68. The Labute approximate surface area is 143 Å². The van der Waals surface area contributed by atoms with Gasteiger partial charge in [0.2, 0.25) is 10.0 Å². The van der Waals surface area contributed by atoms with Crippen LogP contribution in [0.15, 0.2) is 41.4 Å². The number of nitrogens with zero attached hydrogens (tertiary/aromatic N) is 2. The molecule has 0 atom stereocenters. The summed E-state index contributed by atoms with van der Waals surface area (Å²) in [5.41, 5.74) is 2.06. The van der Waals surface area contributed by atoms with E-state index in [4.69, 9.17) is 0 Å². The topological polar surface area (TPSA) is 71.4 Å². The van der Waals surface area contributed by atoms with Crippen molar-refractivity contribution in [2.75, 3.05) is 18.4 Å². The molecule has 24 heavy (non-hydrogen) atoms. The Balaban J connectivity index is 2.28. The van der Waals surface area contributed by atoms with Crippen LogP contribution in [0.1, 0.15) is 29.9 Å². The zero-order valence-corrected chi connectivity index (χ0v) is 15.2. The van der Waals surface area contributed by atoms with E-state index in [2.05, 4.69) is 5.32 Å². The first-order valence-electron chi connectivity index (χ1n) is 7.84. The summed E-state index contributed by atoms with van der Waals surface area (Å²) in [4.78, 5) is 12.6. The standard InChI is InChI=1S/C17H23N3O3S/c1-5-20(6-2)24(22,23)15-11-16(19(4)12-15)17(21)18-14-9-7-13(3)8-10-14/h7-12H,5-6H2,1-4H3,(H,18,21). The zero-order chi connectivity index (χ0) is 17.9. The zero-order valence-electron chi connectivity index (χ0n) is 14.4. The normalized spacial score (nSPS) is 11.7. The number of anilines is 1. The van der Waals surface area contributed by atoms with Crippen molar-refractivity contribution in [3.05, 3.63) is 47.8 Å². The fraction of sp³-hybridized carbons (Fsp3) is 0.353. The van der Waals surface area contributed by atoms with Crippen molar-refractivity contribution in [3.8, 4) is 0 Å². The van der Waals surface area contributed by atoms with Crippen LogP contribution in [0.25, 0.3) is 0 Å². The van der Waals surface area contributed by atoms with Crippen molar-refractivity contribution in [1.29, 1.82) is 0 Å². The lowest BCUT2D eigenvalue weighted by atomic mass is 10.2. The lowest BCUT2D eigenvalue weighted by molar-refractivity contribution is 0.101. The van der Waals surface area contributed by atoms with Gasteiger partial charge in [0.1, 0.15) is 10.6 Å². The van der Waals surface area contributed by atoms with Crippen LogP contribution in [0.2, 0.25) is 0 Å². The molecule has 1 N–H and O–H groups in total. The minimum atomic E-state index is -3.58. The second-order valence-electron chi connectivity index (χ2n) is 5.58. The highest BCUT2D eigenvalue weighted by Crippen LogP contribution is 2.19. The molecule has 7 heteroatoms. The number of nitrogens with one attached hydrogen (secondary N) is 1. The molecule has 0 unspecified atom stereocenters. The van der Waals surface area contributed by atoms with Gasteiger partial charge < -0.3 is 9.88 Å². The third-order valence-corrected chi connectivity index (χ3v) is 5.88. The van der Waals surface area contributed by atoms with E-state index >= 15 is 0 Å². The van der Waals surface area contributed by atoms with Crippen molar-refractivity contribution in [2.24, 2.45) is 7.05 Å². The van der Waals surface area contributed by atoms with E-state index in [0.29, 0.717) is 24.5 Å². The Hall–Kier alpha value is -2.12. The summed E-state index contributed by atoms with van der Waals surface area (Å²) in [6.07, 6.45) is 1.47. The minimum Gasteiger partial charge on any atom is -0.345 e. The lowest BCUT2D eigenvalue weighted by Gasteiger charge is -2.17. The van der Waals surface area contributed by atoms with Crippen LogP contribution in [-0.2, 0) is 17.1 Å². The average molecular weight is 349 g/mol. The van der Waals surface area contributed by atoms with Gasteiger partial charge in [-0.2, -0.15) is 4.31 Å². The first kappa shape index (κ1) is 18.2. The van der Waals surface area contributed by atoms with Gasteiger partial charge in [-0.15, -0.1) is 0 Å². The summed E-state index contributed by atoms with van der Waals surface area (Å²) in [6, 6.07) is 8.83. The number of aryl methyl sites for hydroxylation is 2. The maximum absolute atomic E-state index is 12.6. The average Bonchev–Trinajstić information content (AvgIpc) is 2.93. The molecule has 0 aliphatic rings. The summed E-state index contributed by atoms with van der Waals surface area (Å²) in [6.45, 7) is 6.31. The van der Waals surface area contributed by atoms with Gasteiger partial charge in [0.25, 0.3) is 5.91 Å². The number of hydrogen-bond donors (Lipinski definition) is 1. The third-order valence-electron chi connectivity index (χ3n) is 3.87. The van der Waals surface area contributed by atoms with Gasteiger partial charge in [0, 0.05) is 32.0 Å². The smallest absolute Gasteiger partial charge is 0.272 e. The largest absolute Gasteiger partial charge is 0.345 e. The highest BCUT2D eigenvalue weighted by atomic mass is 32.2. The Morgan fingerprint density at radius 2 is 1.75 bits per heavy atom. The Bertz CT molecular complexity index is 819. The van der Waals surface area contributed by atoms with E-state index < -0.39 is 10.0 Å². The number of amides is 1. The predicted octanol–water partition coefficient (Wildman–Crippen LogP) is 2.62. The van der Waals surface area contributed by atoms with Crippen molar-refractivity contribution >= 4 is 21.6 Å². The molecule has 0 fully saturated rings. The van der Waals surface area contributed by atoms with Crippen molar-refractivity contribution in [3.63, 3.8) is 0 Å². The van der Waals surface area contributed by atoms with Crippen LogP contribution >= 0.6 is 0 Å². The van der Waals surface area contributed by atoms with Crippen LogP contribution in [0.4, 0.5) is 5.69 Å². The molecule has 6 nitrogen and oxygen atoms in total. The van der Waals surface area contributed by atoms with E-state index in [9.17, 15) is 13.2 Å². The molecule has 0 saturated heterocycles.